The lowest BCUT2D eigenvalue weighted by Gasteiger charge is -2.43. The molecule has 2 aromatic carbocycles. The molecule has 16 heteroatoms. The molecule has 0 aliphatic carbocycles. The summed E-state index contributed by atoms with van der Waals surface area (Å²) in [6, 6.07) is 11.0. The van der Waals surface area contributed by atoms with Crippen molar-refractivity contribution in [2.75, 3.05) is 41.2 Å². The van der Waals surface area contributed by atoms with E-state index >= 15 is 0 Å². The number of carbonyl (C=O) groups excluding carboxylic acids is 2. The predicted molar refractivity (Wildman–Crippen MR) is 157 cm³/mol. The third kappa shape index (κ3) is 7.83. The quantitative estimate of drug-likeness (QED) is 0.108. The maximum Gasteiger partial charge on any atom is 0.338 e. The molecule has 2 saturated heterocycles. The second-order valence-electron chi connectivity index (χ2n) is 10.5. The highest BCUT2D eigenvalue weighted by molar-refractivity contribution is 5.89. The van der Waals surface area contributed by atoms with Gasteiger partial charge in [0, 0.05) is 6.08 Å². The molecule has 6 N–H and O–H groups in total. The zero-order valence-electron chi connectivity index (χ0n) is 25.7. The molecule has 2 aliphatic heterocycles. The van der Waals surface area contributed by atoms with Gasteiger partial charge in [-0.1, -0.05) is 18.2 Å². The number of rotatable bonds is 13. The topological polar surface area (TPSA) is 229 Å². The second-order valence-corrected chi connectivity index (χ2v) is 10.5. The number of ether oxygens (including phenoxy) is 8. The average molecular weight is 667 g/mol. The third-order valence-corrected chi connectivity index (χ3v) is 7.59. The number of aliphatic hydroxyl groups excluding tert-OH is 6. The van der Waals surface area contributed by atoms with Crippen LogP contribution < -0.4 is 14.2 Å². The van der Waals surface area contributed by atoms with Crippen LogP contribution in [0, 0.1) is 0 Å². The Kier molecular flexibility index (Phi) is 12.1. The number of hydrogen-bond donors (Lipinski definition) is 6. The first kappa shape index (κ1) is 36.0. The van der Waals surface area contributed by atoms with Gasteiger partial charge >= 0.3 is 11.9 Å². The van der Waals surface area contributed by atoms with E-state index in [0.717, 1.165) is 6.08 Å². The van der Waals surface area contributed by atoms with Crippen LogP contribution in [0.1, 0.15) is 15.9 Å². The van der Waals surface area contributed by atoms with Crippen molar-refractivity contribution in [3.05, 3.63) is 59.7 Å². The van der Waals surface area contributed by atoms with Gasteiger partial charge in [0.15, 0.2) is 23.9 Å². The molecule has 9 atom stereocenters. The molecule has 0 spiro atoms. The molecular formula is C31H38O16. The van der Waals surface area contributed by atoms with Crippen LogP contribution in [0.2, 0.25) is 0 Å². The average Bonchev–Trinajstić information content (AvgIpc) is 3.36. The lowest BCUT2D eigenvalue weighted by atomic mass is 9.98. The van der Waals surface area contributed by atoms with E-state index in [4.69, 9.17) is 37.9 Å². The van der Waals surface area contributed by atoms with Gasteiger partial charge in [0.25, 0.3) is 0 Å². The zero-order chi connectivity index (χ0) is 34.3. The van der Waals surface area contributed by atoms with Crippen LogP contribution in [0.3, 0.4) is 0 Å². The summed E-state index contributed by atoms with van der Waals surface area (Å²) in [4.78, 5) is 25.4. The van der Waals surface area contributed by atoms with E-state index in [0.29, 0.717) is 22.8 Å². The largest absolute Gasteiger partial charge is 0.493 e. The summed E-state index contributed by atoms with van der Waals surface area (Å²) in [6.45, 7) is -2.49. The van der Waals surface area contributed by atoms with E-state index in [2.05, 4.69) is 0 Å². The fourth-order valence-corrected chi connectivity index (χ4v) is 5.10. The van der Waals surface area contributed by atoms with E-state index in [9.17, 15) is 40.2 Å². The molecule has 16 nitrogen and oxygen atoms in total. The smallest absolute Gasteiger partial charge is 0.338 e. The Hall–Kier alpha value is -3.84. The molecule has 0 radical (unpaired) electrons. The van der Waals surface area contributed by atoms with Crippen molar-refractivity contribution >= 4 is 18.0 Å². The summed E-state index contributed by atoms with van der Waals surface area (Å²) in [5.74, 6) is -3.30. The minimum atomic E-state index is -2.44. The summed E-state index contributed by atoms with van der Waals surface area (Å²) < 4.78 is 43.4. The first-order chi connectivity index (χ1) is 22.5. The summed E-state index contributed by atoms with van der Waals surface area (Å²) >= 11 is 0. The molecule has 0 saturated carbocycles. The number of carbonyl (C=O) groups is 2. The van der Waals surface area contributed by atoms with Crippen LogP contribution in [0.4, 0.5) is 0 Å². The van der Waals surface area contributed by atoms with Gasteiger partial charge in [0.05, 0.1) is 33.5 Å². The van der Waals surface area contributed by atoms with Crippen molar-refractivity contribution in [2.45, 2.75) is 54.8 Å². The number of methoxy groups -OCH3 is 3. The number of esters is 2. The molecule has 47 heavy (non-hydrogen) atoms. The van der Waals surface area contributed by atoms with Crippen molar-refractivity contribution in [2.24, 2.45) is 0 Å². The Morgan fingerprint density at radius 3 is 2.11 bits per heavy atom. The van der Waals surface area contributed by atoms with Gasteiger partial charge in [-0.3, -0.25) is 0 Å². The van der Waals surface area contributed by atoms with Crippen molar-refractivity contribution in [3.63, 3.8) is 0 Å². The maximum atomic E-state index is 13.0. The van der Waals surface area contributed by atoms with E-state index in [-0.39, 0.29) is 5.56 Å². The first-order valence-electron chi connectivity index (χ1n) is 14.4. The van der Waals surface area contributed by atoms with Gasteiger partial charge in [-0.2, -0.15) is 0 Å². The molecule has 0 unspecified atom stereocenters. The molecule has 0 bridgehead atoms. The molecule has 2 aromatic rings. The van der Waals surface area contributed by atoms with Crippen LogP contribution in [0.5, 0.6) is 17.2 Å². The van der Waals surface area contributed by atoms with Crippen LogP contribution in [-0.2, 0) is 28.5 Å². The Balaban J connectivity index is 1.52. The fraction of sp³-hybridized carbons (Fsp3) is 0.484. The highest BCUT2D eigenvalue weighted by atomic mass is 16.8. The normalized spacial score (nSPS) is 30.6. The van der Waals surface area contributed by atoms with Crippen LogP contribution >= 0.6 is 0 Å². The van der Waals surface area contributed by atoms with Gasteiger partial charge in [0.2, 0.25) is 11.5 Å². The van der Waals surface area contributed by atoms with E-state index < -0.39 is 86.6 Å². The monoisotopic (exact) mass is 666 g/mol. The zero-order valence-corrected chi connectivity index (χ0v) is 25.7. The molecule has 2 heterocycles. The van der Waals surface area contributed by atoms with E-state index in [1.807, 2.05) is 0 Å². The molecule has 258 valence electrons. The van der Waals surface area contributed by atoms with Gasteiger partial charge < -0.3 is 68.5 Å². The molecule has 0 aromatic heterocycles. The Labute approximate surface area is 269 Å². The molecule has 2 fully saturated rings. The summed E-state index contributed by atoms with van der Waals surface area (Å²) in [7, 11) is 4.26. The van der Waals surface area contributed by atoms with E-state index in [1.165, 1.54) is 39.5 Å². The van der Waals surface area contributed by atoms with Gasteiger partial charge in [0.1, 0.15) is 49.8 Å². The number of aliphatic hydroxyl groups is 6. The fourth-order valence-electron chi connectivity index (χ4n) is 5.10. The van der Waals surface area contributed by atoms with Crippen LogP contribution in [0.15, 0.2) is 48.5 Å². The highest BCUT2D eigenvalue weighted by Gasteiger charge is 2.60. The maximum absolute atomic E-state index is 13.0. The van der Waals surface area contributed by atoms with Gasteiger partial charge in [-0.25, -0.2) is 9.59 Å². The summed E-state index contributed by atoms with van der Waals surface area (Å²) in [6.07, 6.45) is -11.6. The third-order valence-electron chi connectivity index (χ3n) is 7.59. The molecule has 0 amide bonds. The first-order valence-corrected chi connectivity index (χ1v) is 14.4. The van der Waals surface area contributed by atoms with Crippen molar-refractivity contribution in [1.82, 2.24) is 0 Å². The highest BCUT2D eigenvalue weighted by Crippen LogP contribution is 2.40. The van der Waals surface area contributed by atoms with E-state index in [1.54, 1.807) is 30.3 Å². The number of hydrogen-bond acceptors (Lipinski definition) is 16. The Morgan fingerprint density at radius 1 is 0.872 bits per heavy atom. The van der Waals surface area contributed by atoms with Gasteiger partial charge in [-0.05, 0) is 35.9 Å². The van der Waals surface area contributed by atoms with Crippen molar-refractivity contribution in [3.8, 4) is 17.2 Å². The minimum absolute atomic E-state index is 0.206. The molecule has 2 aliphatic rings. The van der Waals surface area contributed by atoms with Crippen LogP contribution in [-0.4, -0.2) is 139 Å². The SMILES string of the molecule is COc1cc(C=CC(=O)O[C@H]2[C@H](O)[C@@H](CO)O[C@@]2(CO)O[C@H]2O[C@H](COC(=O)c3ccccc3)[C@@H](O)[C@H](O)[C@H]2O)cc(OC)c1OC. The van der Waals surface area contributed by atoms with Gasteiger partial charge in [-0.15, -0.1) is 0 Å². The molecule has 4 rings (SSSR count). The van der Waals surface area contributed by atoms with Crippen molar-refractivity contribution in [1.29, 1.82) is 0 Å². The second kappa shape index (κ2) is 15.8. The Bertz CT molecular complexity index is 1360. The molecular weight excluding hydrogens is 628 g/mol. The predicted octanol–water partition coefficient (Wildman–Crippen LogP) is -1.24. The number of benzene rings is 2. The minimum Gasteiger partial charge on any atom is -0.493 e. The summed E-state index contributed by atoms with van der Waals surface area (Å²) in [5, 5.41) is 62.8. The Morgan fingerprint density at radius 2 is 1.53 bits per heavy atom. The van der Waals surface area contributed by atoms with Crippen LogP contribution in [0.25, 0.3) is 6.08 Å². The summed E-state index contributed by atoms with van der Waals surface area (Å²) in [5.41, 5.74) is 0.639. The lowest BCUT2D eigenvalue weighted by molar-refractivity contribution is -0.383. The lowest BCUT2D eigenvalue weighted by Crippen LogP contribution is -2.63. The standard InChI is InChI=1S/C31H38O16/c1-40-18-11-16(12-19(41-2)27(18)42-3)9-10-22(34)45-28-24(36)20(13-32)46-31(28,15-33)47-30-26(38)25(37)23(35)21(44-30)14-43-29(39)17-7-5-4-6-8-17/h4-12,20-21,23-26,28,30,32-33,35-38H,13-15H2,1-3H3/t20-,21-,23-,24-,25+,26-,28+,30-,31+/m1/s1. The van der Waals surface area contributed by atoms with Crippen molar-refractivity contribution < 1.29 is 78.1 Å².